The lowest BCUT2D eigenvalue weighted by molar-refractivity contribution is -0.126. The van der Waals surface area contributed by atoms with Crippen LogP contribution in [0.15, 0.2) is 5.10 Å². The highest BCUT2D eigenvalue weighted by molar-refractivity contribution is 6.39. The van der Waals surface area contributed by atoms with Crippen LogP contribution in [0.4, 0.5) is 0 Å². The van der Waals surface area contributed by atoms with E-state index >= 15 is 0 Å². The number of carbonyl (C=O) groups excluding carboxylic acids is 2. The molecule has 3 aliphatic heterocycles. The summed E-state index contributed by atoms with van der Waals surface area (Å²) in [6.45, 7) is 3.39. The first-order chi connectivity index (χ1) is 10.2. The zero-order chi connectivity index (χ0) is 14.7. The lowest BCUT2D eigenvalue weighted by Crippen LogP contribution is -2.45. The highest BCUT2D eigenvalue weighted by Gasteiger charge is 2.30. The van der Waals surface area contributed by atoms with E-state index in [1.807, 2.05) is 4.90 Å². The van der Waals surface area contributed by atoms with Crippen molar-refractivity contribution >= 4 is 17.5 Å². The van der Waals surface area contributed by atoms with Crippen molar-refractivity contribution in [2.45, 2.75) is 38.5 Å². The molecule has 0 aromatic rings. The van der Waals surface area contributed by atoms with Gasteiger partial charge in [-0.1, -0.05) is 0 Å². The topological polar surface area (TPSA) is 71.0 Å². The maximum atomic E-state index is 12.5. The van der Waals surface area contributed by atoms with Crippen LogP contribution in [-0.4, -0.2) is 48.7 Å². The summed E-state index contributed by atoms with van der Waals surface area (Å²) in [5, 5.41) is 3.92. The maximum absolute atomic E-state index is 12.5. The fourth-order valence-electron chi connectivity index (χ4n) is 3.49. The number of amides is 2. The van der Waals surface area contributed by atoms with E-state index in [2.05, 4.69) is 10.5 Å². The third-order valence-corrected chi connectivity index (χ3v) is 4.65. The summed E-state index contributed by atoms with van der Waals surface area (Å²) in [4.78, 5) is 25.5. The Morgan fingerprint density at radius 2 is 2.24 bits per heavy atom. The lowest BCUT2D eigenvalue weighted by Gasteiger charge is -2.34. The van der Waals surface area contributed by atoms with Gasteiger partial charge in [0.05, 0.1) is 0 Å². The van der Waals surface area contributed by atoms with Crippen molar-refractivity contribution < 1.29 is 14.3 Å². The van der Waals surface area contributed by atoms with E-state index < -0.39 is 0 Å². The molecule has 3 aliphatic rings. The third kappa shape index (κ3) is 3.61. The van der Waals surface area contributed by atoms with Crippen molar-refractivity contribution in [2.75, 3.05) is 26.3 Å². The van der Waals surface area contributed by atoms with Gasteiger partial charge < -0.3 is 9.64 Å². The van der Waals surface area contributed by atoms with Crippen molar-refractivity contribution in [1.82, 2.24) is 10.3 Å². The van der Waals surface area contributed by atoms with E-state index in [0.717, 1.165) is 45.6 Å². The Kier molecular flexibility index (Phi) is 4.53. The fourth-order valence-corrected chi connectivity index (χ4v) is 3.49. The molecular formula is C15H23N3O3. The van der Waals surface area contributed by atoms with Crippen LogP contribution < -0.4 is 5.43 Å². The van der Waals surface area contributed by atoms with E-state index in [0.29, 0.717) is 30.4 Å². The van der Waals surface area contributed by atoms with Gasteiger partial charge in [-0.3, -0.25) is 9.59 Å². The van der Waals surface area contributed by atoms with E-state index in [1.54, 1.807) is 0 Å². The van der Waals surface area contributed by atoms with Gasteiger partial charge in [0.2, 0.25) is 5.91 Å². The van der Waals surface area contributed by atoms with Crippen molar-refractivity contribution in [3.05, 3.63) is 0 Å². The number of rotatable bonds is 3. The Bertz CT molecular complexity index is 443. The van der Waals surface area contributed by atoms with Gasteiger partial charge in [0.25, 0.3) is 5.91 Å². The Morgan fingerprint density at radius 3 is 2.95 bits per heavy atom. The van der Waals surface area contributed by atoms with E-state index in [9.17, 15) is 9.59 Å². The number of hydrogen-bond donors (Lipinski definition) is 1. The number of hydrazone groups is 1. The van der Waals surface area contributed by atoms with Crippen LogP contribution in [0.3, 0.4) is 0 Å². The van der Waals surface area contributed by atoms with Crippen LogP contribution in [-0.2, 0) is 14.3 Å². The second kappa shape index (κ2) is 6.56. The molecule has 0 bridgehead atoms. The van der Waals surface area contributed by atoms with E-state index in [4.69, 9.17) is 4.74 Å². The number of carbonyl (C=O) groups is 2. The summed E-state index contributed by atoms with van der Waals surface area (Å²) >= 11 is 0. The van der Waals surface area contributed by atoms with Crippen LogP contribution >= 0.6 is 0 Å². The van der Waals surface area contributed by atoms with Crippen molar-refractivity contribution in [2.24, 2.45) is 16.9 Å². The number of hydrogen-bond acceptors (Lipinski definition) is 4. The van der Waals surface area contributed by atoms with Gasteiger partial charge in [0.1, 0.15) is 5.71 Å². The monoisotopic (exact) mass is 293 g/mol. The van der Waals surface area contributed by atoms with Gasteiger partial charge in [-0.2, -0.15) is 5.10 Å². The van der Waals surface area contributed by atoms with Gasteiger partial charge >= 0.3 is 0 Å². The lowest BCUT2D eigenvalue weighted by atomic mass is 9.87. The van der Waals surface area contributed by atoms with Gasteiger partial charge in [-0.15, -0.1) is 0 Å². The largest absolute Gasteiger partial charge is 0.381 e. The Hall–Kier alpha value is -1.43. The number of nitrogens with one attached hydrogen (secondary N) is 1. The van der Waals surface area contributed by atoms with Crippen molar-refractivity contribution in [1.29, 1.82) is 0 Å². The number of ether oxygens (including phenoxy) is 1. The molecule has 6 nitrogen and oxygen atoms in total. The molecule has 3 heterocycles. The Labute approximate surface area is 124 Å². The Morgan fingerprint density at radius 1 is 1.33 bits per heavy atom. The summed E-state index contributed by atoms with van der Waals surface area (Å²) in [7, 11) is 0. The molecule has 2 atom stereocenters. The molecular weight excluding hydrogens is 270 g/mol. The van der Waals surface area contributed by atoms with Gasteiger partial charge in [0, 0.05) is 39.1 Å². The first kappa shape index (κ1) is 14.5. The first-order valence-corrected chi connectivity index (χ1v) is 7.95. The summed E-state index contributed by atoms with van der Waals surface area (Å²) in [5.74, 6) is 1.14. The van der Waals surface area contributed by atoms with Crippen molar-refractivity contribution in [3.63, 3.8) is 0 Å². The minimum Gasteiger partial charge on any atom is -0.381 e. The molecule has 21 heavy (non-hydrogen) atoms. The molecule has 1 N–H and O–H groups in total. The predicted octanol–water partition coefficient (Wildman–Crippen LogP) is 0.918. The maximum Gasteiger partial charge on any atom is 0.270 e. The molecule has 0 aliphatic carbocycles. The SMILES string of the molecule is O=C1CCC(C(=O)N2CCCC(CC3CCOC3)C2)=NN1. The number of nitrogens with zero attached hydrogens (tertiary/aromatic N) is 2. The first-order valence-electron chi connectivity index (χ1n) is 7.95. The quantitative estimate of drug-likeness (QED) is 0.841. The molecule has 2 unspecified atom stereocenters. The molecule has 0 spiro atoms. The van der Waals surface area contributed by atoms with Crippen LogP contribution in [0.5, 0.6) is 0 Å². The smallest absolute Gasteiger partial charge is 0.270 e. The molecule has 0 aromatic carbocycles. The summed E-state index contributed by atoms with van der Waals surface area (Å²) in [6, 6.07) is 0. The minimum absolute atomic E-state index is 0.00220. The highest BCUT2D eigenvalue weighted by Crippen LogP contribution is 2.27. The van der Waals surface area contributed by atoms with Gasteiger partial charge in [-0.05, 0) is 37.5 Å². The molecule has 116 valence electrons. The highest BCUT2D eigenvalue weighted by atomic mass is 16.5. The third-order valence-electron chi connectivity index (χ3n) is 4.65. The minimum atomic E-state index is -0.107. The molecule has 6 heteroatoms. The predicted molar refractivity (Wildman–Crippen MR) is 77.7 cm³/mol. The van der Waals surface area contributed by atoms with E-state index in [1.165, 1.54) is 6.42 Å². The van der Waals surface area contributed by atoms with Crippen LogP contribution in [0.1, 0.15) is 38.5 Å². The Balaban J connectivity index is 1.55. The van der Waals surface area contributed by atoms with Crippen molar-refractivity contribution in [3.8, 4) is 0 Å². The zero-order valence-electron chi connectivity index (χ0n) is 12.3. The van der Waals surface area contributed by atoms with Crippen LogP contribution in [0, 0.1) is 11.8 Å². The number of piperidine rings is 1. The standard InChI is InChI=1S/C15H23N3O3/c19-14-4-3-13(16-17-14)15(20)18-6-1-2-11(9-18)8-12-5-7-21-10-12/h11-12H,1-10H2,(H,17,19). The van der Waals surface area contributed by atoms with E-state index in [-0.39, 0.29) is 11.8 Å². The molecule has 0 radical (unpaired) electrons. The molecule has 0 saturated carbocycles. The van der Waals surface area contributed by atoms with Gasteiger partial charge in [-0.25, -0.2) is 5.43 Å². The summed E-state index contributed by atoms with van der Waals surface area (Å²) < 4.78 is 5.44. The second-order valence-corrected chi connectivity index (χ2v) is 6.32. The number of likely N-dealkylation sites (tertiary alicyclic amines) is 1. The summed E-state index contributed by atoms with van der Waals surface area (Å²) in [6.07, 6.45) is 5.40. The molecule has 2 fully saturated rings. The van der Waals surface area contributed by atoms with Crippen LogP contribution in [0.2, 0.25) is 0 Å². The zero-order valence-corrected chi connectivity index (χ0v) is 12.3. The normalized spacial score (nSPS) is 30.0. The molecule has 2 saturated heterocycles. The second-order valence-electron chi connectivity index (χ2n) is 6.32. The van der Waals surface area contributed by atoms with Gasteiger partial charge in [0.15, 0.2) is 0 Å². The molecule has 0 aromatic heterocycles. The average Bonchev–Trinajstić information content (AvgIpc) is 3.00. The van der Waals surface area contributed by atoms with Crippen LogP contribution in [0.25, 0.3) is 0 Å². The molecule has 2 amide bonds. The summed E-state index contributed by atoms with van der Waals surface area (Å²) in [5.41, 5.74) is 2.91. The fraction of sp³-hybridized carbons (Fsp3) is 0.800. The molecule has 3 rings (SSSR count). The average molecular weight is 293 g/mol.